The molecule has 0 unspecified atom stereocenters. The maximum atomic E-state index is 10.7. The first-order valence-corrected chi connectivity index (χ1v) is 3.79. The van der Waals surface area contributed by atoms with Crippen LogP contribution in [-0.4, -0.2) is 15.2 Å². The SMILES string of the molecule is O=C(Cl)c1cc2cccnc2[nH]1. The van der Waals surface area contributed by atoms with Gasteiger partial charge in [-0.25, -0.2) is 4.98 Å². The van der Waals surface area contributed by atoms with Gasteiger partial charge in [-0.05, 0) is 29.8 Å². The number of fused-ring (bicyclic) bond motifs is 1. The lowest BCUT2D eigenvalue weighted by Gasteiger charge is -1.83. The molecule has 0 aliphatic rings. The highest BCUT2D eigenvalue weighted by atomic mass is 35.5. The molecular formula is C8H5ClN2O. The van der Waals surface area contributed by atoms with Crippen LogP contribution in [0.3, 0.4) is 0 Å². The average molecular weight is 181 g/mol. The molecule has 1 N–H and O–H groups in total. The summed E-state index contributed by atoms with van der Waals surface area (Å²) in [6.07, 6.45) is 1.65. The summed E-state index contributed by atoms with van der Waals surface area (Å²) >= 11 is 5.28. The number of carbonyl (C=O) groups excluding carboxylic acids is 1. The third-order valence-electron chi connectivity index (χ3n) is 1.60. The van der Waals surface area contributed by atoms with Gasteiger partial charge in [0.1, 0.15) is 11.3 Å². The molecule has 0 spiro atoms. The number of hydrogen-bond donors (Lipinski definition) is 1. The molecule has 0 atom stereocenters. The Bertz CT molecular complexity index is 402. The van der Waals surface area contributed by atoms with Gasteiger partial charge < -0.3 is 4.98 Å². The number of nitrogens with one attached hydrogen (secondary N) is 1. The first kappa shape index (κ1) is 7.31. The Hall–Kier alpha value is -1.35. The van der Waals surface area contributed by atoms with Gasteiger partial charge in [-0.1, -0.05) is 0 Å². The minimum atomic E-state index is -0.493. The van der Waals surface area contributed by atoms with Crippen molar-refractivity contribution in [3.63, 3.8) is 0 Å². The summed E-state index contributed by atoms with van der Waals surface area (Å²) in [6.45, 7) is 0. The fraction of sp³-hybridized carbons (Fsp3) is 0. The van der Waals surface area contributed by atoms with E-state index in [1.165, 1.54) is 0 Å². The normalized spacial score (nSPS) is 10.4. The third-order valence-corrected chi connectivity index (χ3v) is 1.81. The fourth-order valence-electron chi connectivity index (χ4n) is 1.06. The van der Waals surface area contributed by atoms with Crippen molar-refractivity contribution in [2.24, 2.45) is 0 Å². The summed E-state index contributed by atoms with van der Waals surface area (Å²) in [4.78, 5) is 17.5. The van der Waals surface area contributed by atoms with Crippen molar-refractivity contribution < 1.29 is 4.79 Å². The highest BCUT2D eigenvalue weighted by Crippen LogP contribution is 2.13. The maximum absolute atomic E-state index is 10.7. The smallest absolute Gasteiger partial charge is 0.268 e. The first-order chi connectivity index (χ1) is 5.77. The molecule has 60 valence electrons. The number of aromatic nitrogens is 2. The van der Waals surface area contributed by atoms with E-state index in [-0.39, 0.29) is 0 Å². The molecule has 0 aliphatic carbocycles. The van der Waals surface area contributed by atoms with Gasteiger partial charge in [0.25, 0.3) is 5.24 Å². The second-order valence-corrected chi connectivity index (χ2v) is 2.74. The van der Waals surface area contributed by atoms with E-state index >= 15 is 0 Å². The lowest BCUT2D eigenvalue weighted by atomic mass is 10.3. The van der Waals surface area contributed by atoms with Crippen LogP contribution in [0.5, 0.6) is 0 Å². The molecule has 12 heavy (non-hydrogen) atoms. The number of H-pyrrole nitrogens is 1. The van der Waals surface area contributed by atoms with Gasteiger partial charge in [0, 0.05) is 11.6 Å². The fourth-order valence-corrected chi connectivity index (χ4v) is 1.17. The summed E-state index contributed by atoms with van der Waals surface area (Å²) < 4.78 is 0. The van der Waals surface area contributed by atoms with E-state index in [4.69, 9.17) is 11.6 Å². The van der Waals surface area contributed by atoms with Crippen LogP contribution in [-0.2, 0) is 0 Å². The van der Waals surface area contributed by atoms with Crippen molar-refractivity contribution in [2.75, 3.05) is 0 Å². The molecule has 4 heteroatoms. The van der Waals surface area contributed by atoms with Crippen LogP contribution in [0.2, 0.25) is 0 Å². The van der Waals surface area contributed by atoms with E-state index in [1.54, 1.807) is 18.3 Å². The molecule has 3 nitrogen and oxygen atoms in total. The number of halogens is 1. The number of aromatic amines is 1. The van der Waals surface area contributed by atoms with Gasteiger partial charge in [-0.2, -0.15) is 0 Å². The lowest BCUT2D eigenvalue weighted by Crippen LogP contribution is -1.86. The monoisotopic (exact) mass is 180 g/mol. The molecule has 0 aliphatic heterocycles. The standard InChI is InChI=1S/C8H5ClN2O/c9-7(12)6-4-5-2-1-3-10-8(5)11-6/h1-4H,(H,10,11). The molecule has 0 saturated heterocycles. The van der Waals surface area contributed by atoms with Crippen molar-refractivity contribution in [3.8, 4) is 0 Å². The molecule has 0 aromatic carbocycles. The van der Waals surface area contributed by atoms with Crippen molar-refractivity contribution in [2.45, 2.75) is 0 Å². The van der Waals surface area contributed by atoms with E-state index in [0.29, 0.717) is 11.3 Å². The molecule has 2 aromatic rings. The molecule has 2 aromatic heterocycles. The quantitative estimate of drug-likeness (QED) is 0.682. The van der Waals surface area contributed by atoms with Crippen molar-refractivity contribution >= 4 is 27.9 Å². The Balaban J connectivity index is 2.70. The van der Waals surface area contributed by atoms with Gasteiger partial charge in [0.2, 0.25) is 0 Å². The van der Waals surface area contributed by atoms with Crippen LogP contribution >= 0.6 is 11.6 Å². The zero-order valence-corrected chi connectivity index (χ0v) is 6.80. The molecule has 0 saturated carbocycles. The molecule has 0 radical (unpaired) electrons. The van der Waals surface area contributed by atoms with E-state index in [0.717, 1.165) is 5.39 Å². The molecule has 0 fully saturated rings. The molecule has 0 bridgehead atoms. The number of nitrogens with zero attached hydrogens (tertiary/aromatic N) is 1. The van der Waals surface area contributed by atoms with Crippen LogP contribution in [0.1, 0.15) is 10.5 Å². The Labute approximate surface area is 73.4 Å². The van der Waals surface area contributed by atoms with E-state index in [2.05, 4.69) is 9.97 Å². The number of rotatable bonds is 1. The zero-order chi connectivity index (χ0) is 8.55. The summed E-state index contributed by atoms with van der Waals surface area (Å²) in [5, 5.41) is 0.398. The largest absolute Gasteiger partial charge is 0.336 e. The highest BCUT2D eigenvalue weighted by molar-refractivity contribution is 6.67. The van der Waals surface area contributed by atoms with Gasteiger partial charge in [0.15, 0.2) is 0 Å². The predicted octanol–water partition coefficient (Wildman–Crippen LogP) is 1.94. The Kier molecular flexibility index (Phi) is 1.59. The Morgan fingerprint density at radius 3 is 3.08 bits per heavy atom. The van der Waals surface area contributed by atoms with Crippen LogP contribution in [0.25, 0.3) is 11.0 Å². The van der Waals surface area contributed by atoms with Gasteiger partial charge >= 0.3 is 0 Å². The van der Waals surface area contributed by atoms with E-state index in [1.807, 2.05) is 6.07 Å². The van der Waals surface area contributed by atoms with Crippen molar-refractivity contribution in [1.82, 2.24) is 9.97 Å². The molecule has 2 rings (SSSR count). The maximum Gasteiger partial charge on any atom is 0.268 e. The van der Waals surface area contributed by atoms with Gasteiger partial charge in [0.05, 0.1) is 0 Å². The topological polar surface area (TPSA) is 45.8 Å². The van der Waals surface area contributed by atoms with Crippen LogP contribution in [0.4, 0.5) is 0 Å². The Morgan fingerprint density at radius 2 is 2.42 bits per heavy atom. The second kappa shape index (κ2) is 2.60. The van der Waals surface area contributed by atoms with Gasteiger partial charge in [-0.3, -0.25) is 4.79 Å². The zero-order valence-electron chi connectivity index (χ0n) is 6.04. The van der Waals surface area contributed by atoms with E-state index < -0.39 is 5.24 Å². The summed E-state index contributed by atoms with van der Waals surface area (Å²) in [6, 6.07) is 5.35. The van der Waals surface area contributed by atoms with Crippen LogP contribution in [0.15, 0.2) is 24.4 Å². The second-order valence-electron chi connectivity index (χ2n) is 2.40. The van der Waals surface area contributed by atoms with E-state index in [9.17, 15) is 4.79 Å². The summed E-state index contributed by atoms with van der Waals surface area (Å²) in [5.74, 6) is 0. The first-order valence-electron chi connectivity index (χ1n) is 3.41. The average Bonchev–Trinajstić information content (AvgIpc) is 2.46. The summed E-state index contributed by atoms with van der Waals surface area (Å²) in [5.41, 5.74) is 1.06. The number of carbonyl (C=O) groups is 1. The van der Waals surface area contributed by atoms with Crippen LogP contribution in [0, 0.1) is 0 Å². The molecular weight excluding hydrogens is 176 g/mol. The Morgan fingerprint density at radius 1 is 1.58 bits per heavy atom. The van der Waals surface area contributed by atoms with Crippen molar-refractivity contribution in [3.05, 3.63) is 30.1 Å². The van der Waals surface area contributed by atoms with Crippen molar-refractivity contribution in [1.29, 1.82) is 0 Å². The minimum absolute atomic E-state index is 0.380. The minimum Gasteiger partial charge on any atom is -0.336 e. The number of pyridine rings is 1. The van der Waals surface area contributed by atoms with Gasteiger partial charge in [-0.15, -0.1) is 0 Å². The van der Waals surface area contributed by atoms with Crippen LogP contribution < -0.4 is 0 Å². The summed E-state index contributed by atoms with van der Waals surface area (Å²) in [7, 11) is 0. The highest BCUT2D eigenvalue weighted by Gasteiger charge is 2.05. The third kappa shape index (κ3) is 1.08. The number of hydrogen-bond acceptors (Lipinski definition) is 2. The lowest BCUT2D eigenvalue weighted by molar-refractivity contribution is 0.107. The molecule has 2 heterocycles. The predicted molar refractivity (Wildman–Crippen MR) is 46.3 cm³/mol. The molecule has 0 amide bonds.